The molecule has 0 aliphatic rings. The lowest BCUT2D eigenvalue weighted by Gasteiger charge is -2.18. The molecular formula is C12H15ClN2O3. The van der Waals surface area contributed by atoms with E-state index in [4.69, 9.17) is 11.6 Å². The van der Waals surface area contributed by atoms with Crippen molar-refractivity contribution in [1.29, 1.82) is 0 Å². The number of halogens is 1. The molecule has 0 atom stereocenters. The Labute approximate surface area is 110 Å². The van der Waals surface area contributed by atoms with E-state index in [9.17, 15) is 14.9 Å². The minimum atomic E-state index is -0.645. The third kappa shape index (κ3) is 3.70. The van der Waals surface area contributed by atoms with E-state index in [1.165, 1.54) is 18.2 Å². The second-order valence-corrected chi connectivity index (χ2v) is 5.54. The Kier molecular flexibility index (Phi) is 4.29. The Morgan fingerprint density at radius 2 is 2.06 bits per heavy atom. The number of carbonyl (C=O) groups excluding carboxylic acids is 1. The Bertz CT molecular complexity index is 481. The van der Waals surface area contributed by atoms with Crippen molar-refractivity contribution in [1.82, 2.24) is 5.32 Å². The van der Waals surface area contributed by atoms with Crippen LogP contribution in [0, 0.1) is 15.5 Å². The van der Waals surface area contributed by atoms with Gasteiger partial charge >= 0.3 is 5.69 Å². The topological polar surface area (TPSA) is 72.2 Å². The average molecular weight is 271 g/mol. The molecule has 0 saturated heterocycles. The zero-order valence-corrected chi connectivity index (χ0v) is 11.2. The molecule has 0 aliphatic heterocycles. The molecule has 0 fully saturated rings. The van der Waals surface area contributed by atoms with Gasteiger partial charge in [-0.3, -0.25) is 14.9 Å². The number of carbonyl (C=O) groups is 1. The third-order valence-electron chi connectivity index (χ3n) is 2.19. The van der Waals surface area contributed by atoms with Crippen LogP contribution in [0.15, 0.2) is 18.2 Å². The number of nitrogens with one attached hydrogen (secondary N) is 1. The van der Waals surface area contributed by atoms with Gasteiger partial charge in [-0.1, -0.05) is 38.4 Å². The molecule has 1 rings (SSSR count). The van der Waals surface area contributed by atoms with Crippen LogP contribution in [0.5, 0.6) is 0 Å². The highest BCUT2D eigenvalue weighted by Crippen LogP contribution is 2.28. The SMILES string of the molecule is CC(C)(C)CNC(=O)c1cccc(Cl)c1[N+](=O)[O-]. The molecule has 0 unspecified atom stereocenters. The van der Waals surface area contributed by atoms with Gasteiger partial charge in [0.1, 0.15) is 10.6 Å². The maximum absolute atomic E-state index is 11.9. The van der Waals surface area contributed by atoms with Gasteiger partial charge in [0.15, 0.2) is 0 Å². The molecule has 0 aliphatic carbocycles. The van der Waals surface area contributed by atoms with Gasteiger partial charge < -0.3 is 5.32 Å². The zero-order chi connectivity index (χ0) is 13.9. The number of benzene rings is 1. The molecule has 0 saturated carbocycles. The molecule has 1 N–H and O–H groups in total. The van der Waals surface area contributed by atoms with Gasteiger partial charge in [0.2, 0.25) is 0 Å². The molecule has 0 aromatic heterocycles. The predicted octanol–water partition coefficient (Wildman–Crippen LogP) is 3.02. The highest BCUT2D eigenvalue weighted by molar-refractivity contribution is 6.33. The molecule has 0 spiro atoms. The molecular weight excluding hydrogens is 256 g/mol. The lowest BCUT2D eigenvalue weighted by Crippen LogP contribution is -2.32. The lowest BCUT2D eigenvalue weighted by atomic mass is 9.97. The average Bonchev–Trinajstić information content (AvgIpc) is 2.24. The van der Waals surface area contributed by atoms with Gasteiger partial charge in [0, 0.05) is 6.54 Å². The van der Waals surface area contributed by atoms with Crippen LogP contribution in [0.4, 0.5) is 5.69 Å². The second-order valence-electron chi connectivity index (χ2n) is 5.14. The fraction of sp³-hybridized carbons (Fsp3) is 0.417. The number of nitro groups is 1. The number of nitro benzene ring substituents is 1. The van der Waals surface area contributed by atoms with E-state index in [1.807, 2.05) is 20.8 Å². The lowest BCUT2D eigenvalue weighted by molar-refractivity contribution is -0.385. The number of rotatable bonds is 3. The van der Waals surface area contributed by atoms with Gasteiger partial charge in [-0.25, -0.2) is 0 Å². The fourth-order valence-corrected chi connectivity index (χ4v) is 1.57. The van der Waals surface area contributed by atoms with E-state index in [1.54, 1.807) is 0 Å². The fourth-order valence-electron chi connectivity index (χ4n) is 1.32. The van der Waals surface area contributed by atoms with Crippen LogP contribution in [0.25, 0.3) is 0 Å². The summed E-state index contributed by atoms with van der Waals surface area (Å²) in [5, 5.41) is 13.5. The highest BCUT2D eigenvalue weighted by atomic mass is 35.5. The van der Waals surface area contributed by atoms with E-state index in [0.717, 1.165) is 0 Å². The number of hydrogen-bond acceptors (Lipinski definition) is 3. The quantitative estimate of drug-likeness (QED) is 0.678. The maximum atomic E-state index is 11.9. The summed E-state index contributed by atoms with van der Waals surface area (Å²) in [7, 11) is 0. The van der Waals surface area contributed by atoms with Crippen molar-refractivity contribution in [2.75, 3.05) is 6.54 Å². The minimum Gasteiger partial charge on any atom is -0.351 e. The van der Waals surface area contributed by atoms with Crippen molar-refractivity contribution < 1.29 is 9.72 Å². The second kappa shape index (κ2) is 5.35. The molecule has 0 radical (unpaired) electrons. The zero-order valence-electron chi connectivity index (χ0n) is 10.5. The van der Waals surface area contributed by atoms with Crippen LogP contribution in [0.3, 0.4) is 0 Å². The monoisotopic (exact) mass is 270 g/mol. The Hall–Kier alpha value is -1.62. The number of nitrogens with zero attached hydrogens (tertiary/aromatic N) is 1. The van der Waals surface area contributed by atoms with E-state index < -0.39 is 10.8 Å². The van der Waals surface area contributed by atoms with Gasteiger partial charge in [0.25, 0.3) is 5.91 Å². The van der Waals surface area contributed by atoms with Crippen LogP contribution >= 0.6 is 11.6 Å². The van der Waals surface area contributed by atoms with Crippen LogP contribution in [-0.4, -0.2) is 17.4 Å². The maximum Gasteiger partial charge on any atom is 0.300 e. The smallest absolute Gasteiger partial charge is 0.300 e. The molecule has 6 heteroatoms. The summed E-state index contributed by atoms with van der Waals surface area (Å²) in [5.74, 6) is -0.487. The molecule has 1 aromatic carbocycles. The van der Waals surface area contributed by atoms with E-state index >= 15 is 0 Å². The van der Waals surface area contributed by atoms with E-state index in [-0.39, 0.29) is 21.7 Å². The van der Waals surface area contributed by atoms with E-state index in [2.05, 4.69) is 5.32 Å². The molecule has 0 bridgehead atoms. The summed E-state index contributed by atoms with van der Waals surface area (Å²) >= 11 is 5.74. The van der Waals surface area contributed by atoms with Crippen molar-refractivity contribution in [2.24, 2.45) is 5.41 Å². The Morgan fingerprint density at radius 1 is 1.44 bits per heavy atom. The van der Waals surface area contributed by atoms with E-state index in [0.29, 0.717) is 6.54 Å². The highest BCUT2D eigenvalue weighted by Gasteiger charge is 2.24. The summed E-state index contributed by atoms with van der Waals surface area (Å²) in [5.41, 5.74) is -0.467. The summed E-state index contributed by atoms with van der Waals surface area (Å²) in [6, 6.07) is 4.30. The molecule has 1 aromatic rings. The van der Waals surface area contributed by atoms with Gasteiger partial charge in [0.05, 0.1) is 4.92 Å². The van der Waals surface area contributed by atoms with Crippen LogP contribution in [0.1, 0.15) is 31.1 Å². The first-order chi connectivity index (χ1) is 8.22. The van der Waals surface area contributed by atoms with Crippen LogP contribution in [0.2, 0.25) is 5.02 Å². The van der Waals surface area contributed by atoms with Crippen molar-refractivity contribution in [3.05, 3.63) is 38.9 Å². The minimum absolute atomic E-state index is 0.0169. The van der Waals surface area contributed by atoms with Crippen molar-refractivity contribution in [3.63, 3.8) is 0 Å². The standard InChI is InChI=1S/C12H15ClN2O3/c1-12(2,3)7-14-11(16)8-5-4-6-9(13)10(8)15(17)18/h4-6H,7H2,1-3H3,(H,14,16). The normalized spacial score (nSPS) is 11.1. The van der Waals surface area contributed by atoms with Crippen molar-refractivity contribution in [2.45, 2.75) is 20.8 Å². The first-order valence-electron chi connectivity index (χ1n) is 5.43. The number of hydrogen-bond donors (Lipinski definition) is 1. The number of amides is 1. The largest absolute Gasteiger partial charge is 0.351 e. The summed E-state index contributed by atoms with van der Waals surface area (Å²) in [6.45, 7) is 6.30. The van der Waals surface area contributed by atoms with Gasteiger partial charge in [-0.05, 0) is 17.5 Å². The Morgan fingerprint density at radius 3 is 2.56 bits per heavy atom. The summed E-state index contributed by atoms with van der Waals surface area (Å²) in [4.78, 5) is 22.1. The van der Waals surface area contributed by atoms with Crippen molar-refractivity contribution in [3.8, 4) is 0 Å². The first-order valence-corrected chi connectivity index (χ1v) is 5.81. The summed E-state index contributed by atoms with van der Waals surface area (Å²) < 4.78 is 0. The predicted molar refractivity (Wildman–Crippen MR) is 69.9 cm³/mol. The molecule has 1 amide bonds. The van der Waals surface area contributed by atoms with Gasteiger partial charge in [-0.2, -0.15) is 0 Å². The molecule has 98 valence electrons. The molecule has 18 heavy (non-hydrogen) atoms. The van der Waals surface area contributed by atoms with Gasteiger partial charge in [-0.15, -0.1) is 0 Å². The van der Waals surface area contributed by atoms with Crippen LogP contribution < -0.4 is 5.32 Å². The summed E-state index contributed by atoms with van der Waals surface area (Å²) in [6.07, 6.45) is 0. The molecule has 5 nitrogen and oxygen atoms in total. The Balaban J connectivity index is 3.00. The van der Waals surface area contributed by atoms with Crippen LogP contribution in [-0.2, 0) is 0 Å². The van der Waals surface area contributed by atoms with Crippen molar-refractivity contribution >= 4 is 23.2 Å². The molecule has 0 heterocycles. The first kappa shape index (κ1) is 14.4. The number of para-hydroxylation sites is 1. The third-order valence-corrected chi connectivity index (χ3v) is 2.50.